The molecule has 0 unspecified atom stereocenters. The van der Waals surface area contributed by atoms with Crippen molar-refractivity contribution in [3.63, 3.8) is 0 Å². The van der Waals surface area contributed by atoms with Crippen LogP contribution in [0.5, 0.6) is 5.75 Å². The van der Waals surface area contributed by atoms with E-state index in [1.807, 2.05) is 34.6 Å². The van der Waals surface area contributed by atoms with Crippen LogP contribution in [-0.2, 0) is 16.4 Å². The van der Waals surface area contributed by atoms with Crippen LogP contribution in [0.25, 0.3) is 10.4 Å². The Morgan fingerprint density at radius 3 is 2.47 bits per heavy atom. The van der Waals surface area contributed by atoms with Gasteiger partial charge in [0.2, 0.25) is 0 Å². The van der Waals surface area contributed by atoms with Crippen molar-refractivity contribution in [3.05, 3.63) is 32.7 Å². The lowest BCUT2D eigenvalue weighted by Crippen LogP contribution is -2.42. The van der Waals surface area contributed by atoms with Gasteiger partial charge in [-0.05, 0) is 81.4 Å². The number of azide groups is 1. The maximum Gasteiger partial charge on any atom is 0.264 e. The first-order chi connectivity index (χ1) is 13.8. The summed E-state index contributed by atoms with van der Waals surface area (Å²) < 4.78 is 34.9. The summed E-state index contributed by atoms with van der Waals surface area (Å²) >= 11 is 5.21. The smallest absolute Gasteiger partial charge is 0.264 e. The lowest BCUT2D eigenvalue weighted by Gasteiger charge is -2.20. The molecule has 0 aliphatic carbocycles. The molecule has 1 aliphatic heterocycles. The first-order valence-electron chi connectivity index (χ1n) is 9.95. The molecule has 2 rings (SSSR count). The first kappa shape index (κ1) is 24.2. The molecule has 0 fully saturated rings. The van der Waals surface area contributed by atoms with Crippen molar-refractivity contribution in [2.24, 2.45) is 11.0 Å². The molecule has 0 bridgehead atoms. The number of fused-ring (bicyclic) bond motifs is 1. The summed E-state index contributed by atoms with van der Waals surface area (Å²) in [4.78, 5) is 3.09. The van der Waals surface area contributed by atoms with Gasteiger partial charge in [-0.2, -0.15) is 0 Å². The third-order valence-corrected chi connectivity index (χ3v) is 7.24. The minimum atomic E-state index is -3.90. The Bertz CT molecular complexity index is 996. The molecule has 1 aromatic carbocycles. The highest BCUT2D eigenvalue weighted by Gasteiger charge is 2.36. The molecule has 0 aromatic heterocycles. The molecule has 0 radical (unpaired) electrons. The fourth-order valence-corrected chi connectivity index (χ4v) is 5.77. The molecule has 1 atom stereocenters. The summed E-state index contributed by atoms with van der Waals surface area (Å²) in [5, 5.41) is 6.60. The molecule has 0 saturated carbocycles. The van der Waals surface area contributed by atoms with E-state index < -0.39 is 10.0 Å². The topological polar surface area (TPSA) is 116 Å². The van der Waals surface area contributed by atoms with Crippen LogP contribution < -0.4 is 14.8 Å². The van der Waals surface area contributed by atoms with Gasteiger partial charge in [0.15, 0.2) is 5.11 Å². The van der Waals surface area contributed by atoms with E-state index in [0.29, 0.717) is 29.9 Å². The van der Waals surface area contributed by atoms with Crippen molar-refractivity contribution in [3.8, 4) is 5.75 Å². The van der Waals surface area contributed by atoms with Gasteiger partial charge in [-0.15, -0.1) is 0 Å². The second kappa shape index (κ2) is 8.99. The fraction of sp³-hybridized carbons (Fsp3) is 0.650. The van der Waals surface area contributed by atoms with E-state index in [0.717, 1.165) is 16.9 Å². The minimum absolute atomic E-state index is 0.0228. The van der Waals surface area contributed by atoms with E-state index in [1.165, 1.54) is 0 Å². The Kier molecular flexibility index (Phi) is 7.27. The number of rotatable bonds is 7. The van der Waals surface area contributed by atoms with Crippen LogP contribution in [0.4, 0.5) is 0 Å². The number of hydrogen-bond acceptors (Lipinski definition) is 5. The van der Waals surface area contributed by atoms with Crippen LogP contribution in [0.3, 0.4) is 0 Å². The van der Waals surface area contributed by atoms with Crippen LogP contribution in [0.2, 0.25) is 0 Å². The molecular formula is C20H31N5O3S2. The summed E-state index contributed by atoms with van der Waals surface area (Å²) in [5.74, 6) is 1.11. The summed E-state index contributed by atoms with van der Waals surface area (Å²) in [6.07, 6.45) is 1.31. The van der Waals surface area contributed by atoms with E-state index in [4.69, 9.17) is 22.5 Å². The molecule has 8 nitrogen and oxygen atoms in total. The van der Waals surface area contributed by atoms with Gasteiger partial charge in [-0.1, -0.05) is 19.0 Å². The number of thiocarbonyl (C=S) groups is 1. The maximum absolute atomic E-state index is 13.2. The van der Waals surface area contributed by atoms with Gasteiger partial charge in [-0.25, -0.2) is 8.42 Å². The zero-order valence-corrected chi connectivity index (χ0v) is 20.3. The lowest BCUT2D eigenvalue weighted by molar-refractivity contribution is 0.137. The highest BCUT2D eigenvalue weighted by molar-refractivity contribution is 7.92. The van der Waals surface area contributed by atoms with Gasteiger partial charge in [0.05, 0.1) is 10.9 Å². The number of nitrogens with one attached hydrogen (secondary N) is 2. The Hall–Kier alpha value is -2.03. The normalized spacial score (nSPS) is 15.7. The van der Waals surface area contributed by atoms with E-state index in [9.17, 15) is 8.42 Å². The van der Waals surface area contributed by atoms with Crippen molar-refractivity contribution >= 4 is 27.4 Å². The fourth-order valence-electron chi connectivity index (χ4n) is 3.86. The first-order valence-corrected chi connectivity index (χ1v) is 11.8. The number of sulfonamides is 1. The van der Waals surface area contributed by atoms with Crippen LogP contribution >= 0.6 is 12.2 Å². The van der Waals surface area contributed by atoms with E-state index >= 15 is 0 Å². The van der Waals surface area contributed by atoms with Gasteiger partial charge in [-0.3, -0.25) is 4.72 Å². The van der Waals surface area contributed by atoms with E-state index in [2.05, 4.69) is 20.1 Å². The van der Waals surface area contributed by atoms with Crippen molar-refractivity contribution in [2.45, 2.75) is 77.8 Å². The molecule has 10 heteroatoms. The monoisotopic (exact) mass is 453 g/mol. The summed E-state index contributed by atoms with van der Waals surface area (Å²) in [6, 6.07) is -0.317. The Morgan fingerprint density at radius 1 is 1.27 bits per heavy atom. The Morgan fingerprint density at radius 2 is 1.90 bits per heavy atom. The molecule has 166 valence electrons. The standard InChI is InChI=1S/C20H31N5O3S2/c1-11(2)8-15(23-25-21)10-22-19(29)24-30(26,27)18-13(4)12(3)17-16(14(18)5)9-20(6,7)28-17/h11,15H,8-10H2,1-7H3,(H2,22,24,29)/t15-/m0/s1. The molecule has 2 N–H and O–H groups in total. The lowest BCUT2D eigenvalue weighted by atomic mass is 9.94. The molecule has 1 aliphatic rings. The second-order valence-electron chi connectivity index (χ2n) is 8.85. The Labute approximate surface area is 184 Å². The molecule has 30 heavy (non-hydrogen) atoms. The second-order valence-corrected chi connectivity index (χ2v) is 10.9. The zero-order chi connectivity index (χ0) is 22.9. The van der Waals surface area contributed by atoms with Crippen molar-refractivity contribution in [1.82, 2.24) is 10.0 Å². The van der Waals surface area contributed by atoms with Crippen LogP contribution in [0.15, 0.2) is 10.0 Å². The highest BCUT2D eigenvalue weighted by atomic mass is 32.2. The summed E-state index contributed by atoms with van der Waals surface area (Å²) in [7, 11) is -3.90. The molecule has 0 amide bonds. The van der Waals surface area contributed by atoms with Crippen molar-refractivity contribution < 1.29 is 13.2 Å². The Balaban J connectivity index is 2.25. The largest absolute Gasteiger partial charge is 0.487 e. The molecule has 0 saturated heterocycles. The average Bonchev–Trinajstić information content (AvgIpc) is 2.93. The SMILES string of the molecule is Cc1c(C)c(S(=O)(=O)NC(=S)NC[C@H](CC(C)C)N=[N+]=[N-])c(C)c2c1OC(C)(C)C2. The number of ether oxygens (including phenoxy) is 1. The van der Waals surface area contributed by atoms with Gasteiger partial charge < -0.3 is 10.1 Å². The summed E-state index contributed by atoms with van der Waals surface area (Å²) in [6.45, 7) is 13.7. The number of hydrogen-bond donors (Lipinski definition) is 2. The van der Waals surface area contributed by atoms with Gasteiger partial charge >= 0.3 is 0 Å². The number of benzene rings is 1. The molecule has 1 aromatic rings. The third kappa shape index (κ3) is 5.36. The number of nitrogens with zero attached hydrogens (tertiary/aromatic N) is 3. The maximum atomic E-state index is 13.2. The van der Waals surface area contributed by atoms with Crippen molar-refractivity contribution in [2.75, 3.05) is 6.54 Å². The van der Waals surface area contributed by atoms with Crippen molar-refractivity contribution in [1.29, 1.82) is 0 Å². The molecule has 0 spiro atoms. The zero-order valence-electron chi connectivity index (χ0n) is 18.7. The third-order valence-electron chi connectivity index (χ3n) is 5.24. The van der Waals surface area contributed by atoms with Gasteiger partial charge in [0.1, 0.15) is 11.4 Å². The quantitative estimate of drug-likeness (QED) is 0.278. The summed E-state index contributed by atoms with van der Waals surface area (Å²) in [5.41, 5.74) is 11.4. The minimum Gasteiger partial charge on any atom is -0.487 e. The molecule has 1 heterocycles. The van der Waals surface area contributed by atoms with Crippen LogP contribution in [-0.4, -0.2) is 31.7 Å². The van der Waals surface area contributed by atoms with Crippen LogP contribution in [0.1, 0.15) is 56.4 Å². The predicted molar refractivity (Wildman–Crippen MR) is 122 cm³/mol. The van der Waals surface area contributed by atoms with Gasteiger partial charge in [0, 0.05) is 23.4 Å². The van der Waals surface area contributed by atoms with Gasteiger partial charge in [0.25, 0.3) is 10.0 Å². The molecular weight excluding hydrogens is 422 g/mol. The highest BCUT2D eigenvalue weighted by Crippen LogP contribution is 2.43. The van der Waals surface area contributed by atoms with E-state index in [1.54, 1.807) is 13.8 Å². The average molecular weight is 454 g/mol. The van der Waals surface area contributed by atoms with Crippen LogP contribution in [0, 0.1) is 26.7 Å². The van der Waals surface area contributed by atoms with E-state index in [-0.39, 0.29) is 28.2 Å². The predicted octanol–water partition coefficient (Wildman–Crippen LogP) is 4.20.